The summed E-state index contributed by atoms with van der Waals surface area (Å²) in [4.78, 5) is 33.5. The van der Waals surface area contributed by atoms with Gasteiger partial charge in [0.2, 0.25) is 0 Å². The Hall–Kier alpha value is -4.27. The van der Waals surface area contributed by atoms with E-state index in [9.17, 15) is 9.59 Å². The molecule has 1 aliphatic heterocycles. The number of nitrogens with one attached hydrogen (secondary N) is 3. The molecule has 3 N–H and O–H groups in total. The third kappa shape index (κ3) is 5.86. The summed E-state index contributed by atoms with van der Waals surface area (Å²) < 4.78 is 5.33. The lowest BCUT2D eigenvalue weighted by Gasteiger charge is -2.36. The lowest BCUT2D eigenvalue weighted by molar-refractivity contribution is 0.208. The lowest BCUT2D eigenvalue weighted by Crippen LogP contribution is -2.50. The molecule has 1 fully saturated rings. The molecular formula is C27H32N6O3. The molecule has 36 heavy (non-hydrogen) atoms. The molecule has 1 aliphatic rings. The van der Waals surface area contributed by atoms with E-state index < -0.39 is 0 Å². The van der Waals surface area contributed by atoms with Crippen molar-refractivity contribution in [2.45, 2.75) is 20.8 Å². The molecule has 0 radical (unpaired) electrons. The van der Waals surface area contributed by atoms with Crippen molar-refractivity contribution in [1.29, 1.82) is 0 Å². The van der Waals surface area contributed by atoms with Gasteiger partial charge in [-0.1, -0.05) is 12.1 Å². The van der Waals surface area contributed by atoms with Crippen molar-refractivity contribution in [1.82, 2.24) is 9.88 Å². The van der Waals surface area contributed by atoms with Gasteiger partial charge in [-0.3, -0.25) is 5.32 Å². The molecule has 9 heteroatoms. The Morgan fingerprint density at radius 2 is 1.67 bits per heavy atom. The smallest absolute Gasteiger partial charge is 0.323 e. The highest BCUT2D eigenvalue weighted by Crippen LogP contribution is 2.27. The van der Waals surface area contributed by atoms with E-state index in [1.165, 1.54) is 0 Å². The van der Waals surface area contributed by atoms with Crippen LogP contribution in [0.3, 0.4) is 0 Å². The molecule has 4 amide bonds. The first-order valence-electron chi connectivity index (χ1n) is 11.9. The van der Waals surface area contributed by atoms with Crippen molar-refractivity contribution in [3.63, 3.8) is 0 Å². The molecule has 1 aromatic heterocycles. The molecule has 2 aromatic carbocycles. The second-order valence-corrected chi connectivity index (χ2v) is 8.86. The lowest BCUT2D eigenvalue weighted by atomic mass is 10.1. The average Bonchev–Trinajstić information content (AvgIpc) is 2.86. The van der Waals surface area contributed by atoms with Crippen molar-refractivity contribution in [2.75, 3.05) is 54.1 Å². The first kappa shape index (κ1) is 24.8. The number of benzene rings is 2. The molecule has 0 spiro atoms. The zero-order valence-electron chi connectivity index (χ0n) is 21.1. The second-order valence-electron chi connectivity index (χ2n) is 8.86. The van der Waals surface area contributed by atoms with Crippen LogP contribution >= 0.6 is 0 Å². The Morgan fingerprint density at radius 1 is 0.889 bits per heavy atom. The highest BCUT2D eigenvalue weighted by atomic mass is 16.5. The van der Waals surface area contributed by atoms with Gasteiger partial charge in [0, 0.05) is 43.8 Å². The van der Waals surface area contributed by atoms with E-state index in [0.717, 1.165) is 35.5 Å². The van der Waals surface area contributed by atoms with Crippen molar-refractivity contribution in [2.24, 2.45) is 0 Å². The molecule has 0 saturated carbocycles. The maximum Gasteiger partial charge on any atom is 0.323 e. The van der Waals surface area contributed by atoms with Gasteiger partial charge in [0.1, 0.15) is 11.6 Å². The maximum absolute atomic E-state index is 12.7. The number of piperazine rings is 1. The van der Waals surface area contributed by atoms with Crippen LogP contribution in [0.2, 0.25) is 0 Å². The summed E-state index contributed by atoms with van der Waals surface area (Å²) >= 11 is 0. The number of amides is 4. The average molecular weight is 489 g/mol. The van der Waals surface area contributed by atoms with E-state index in [1.807, 2.05) is 69.3 Å². The standard InChI is InChI=1S/C27H32N6O3/c1-18-7-10-24(36-4)22(16-18)30-26(34)29-21-8-9-23(20(3)17-21)32-12-14-33(15-13-32)27(35)31-25-19(2)6-5-11-28-25/h5-11,16-17H,12-15H2,1-4H3,(H,28,31,35)(H2,29,30,34). The quantitative estimate of drug-likeness (QED) is 0.469. The van der Waals surface area contributed by atoms with Crippen LogP contribution in [-0.2, 0) is 0 Å². The molecule has 0 unspecified atom stereocenters. The predicted octanol–water partition coefficient (Wildman–Crippen LogP) is 5.01. The summed E-state index contributed by atoms with van der Waals surface area (Å²) in [6.45, 7) is 8.55. The highest BCUT2D eigenvalue weighted by Gasteiger charge is 2.23. The summed E-state index contributed by atoms with van der Waals surface area (Å²) in [5, 5.41) is 8.64. The Kier molecular flexibility index (Phi) is 7.58. The van der Waals surface area contributed by atoms with Gasteiger partial charge < -0.3 is 25.2 Å². The number of ether oxygens (including phenoxy) is 1. The van der Waals surface area contributed by atoms with Crippen LogP contribution in [0.1, 0.15) is 16.7 Å². The summed E-state index contributed by atoms with van der Waals surface area (Å²) in [7, 11) is 1.57. The van der Waals surface area contributed by atoms with Crippen molar-refractivity contribution < 1.29 is 14.3 Å². The molecule has 0 bridgehead atoms. The number of aromatic nitrogens is 1. The Bertz CT molecular complexity index is 1250. The Balaban J connectivity index is 1.33. The number of urea groups is 2. The Labute approximate surface area is 211 Å². The molecular weight excluding hydrogens is 456 g/mol. The van der Waals surface area contributed by atoms with E-state index in [-0.39, 0.29) is 12.1 Å². The van der Waals surface area contributed by atoms with Gasteiger partial charge in [0.15, 0.2) is 0 Å². The van der Waals surface area contributed by atoms with Gasteiger partial charge in [0.25, 0.3) is 0 Å². The number of methoxy groups -OCH3 is 1. The highest BCUT2D eigenvalue weighted by molar-refractivity contribution is 6.01. The van der Waals surface area contributed by atoms with E-state index in [2.05, 4.69) is 25.8 Å². The molecule has 0 atom stereocenters. The van der Waals surface area contributed by atoms with Crippen LogP contribution in [0.25, 0.3) is 0 Å². The topological polar surface area (TPSA) is 98.8 Å². The first-order chi connectivity index (χ1) is 17.3. The summed E-state index contributed by atoms with van der Waals surface area (Å²) in [6.07, 6.45) is 1.67. The SMILES string of the molecule is COc1ccc(C)cc1NC(=O)Nc1ccc(N2CCN(C(=O)Nc3ncccc3C)CC2)c(C)c1. The third-order valence-electron chi connectivity index (χ3n) is 6.20. The number of nitrogens with zero attached hydrogens (tertiary/aromatic N) is 3. The van der Waals surface area contributed by atoms with E-state index in [1.54, 1.807) is 18.2 Å². The van der Waals surface area contributed by atoms with Crippen molar-refractivity contribution >= 4 is 34.9 Å². The molecule has 9 nitrogen and oxygen atoms in total. The minimum atomic E-state index is -0.339. The summed E-state index contributed by atoms with van der Waals surface area (Å²) in [6, 6.07) is 14.8. The van der Waals surface area contributed by atoms with Gasteiger partial charge in [0.05, 0.1) is 12.8 Å². The number of carbonyl (C=O) groups excluding carboxylic acids is 2. The fourth-order valence-electron chi connectivity index (χ4n) is 4.24. The Morgan fingerprint density at radius 3 is 2.36 bits per heavy atom. The van der Waals surface area contributed by atoms with Crippen LogP contribution in [0, 0.1) is 20.8 Å². The number of anilines is 4. The molecule has 1 saturated heterocycles. The summed E-state index contributed by atoms with van der Waals surface area (Å²) in [5.41, 5.74) is 5.40. The number of aryl methyl sites for hydroxylation is 3. The van der Waals surface area contributed by atoms with E-state index >= 15 is 0 Å². The van der Waals surface area contributed by atoms with Crippen LogP contribution in [0.4, 0.5) is 32.5 Å². The fraction of sp³-hybridized carbons (Fsp3) is 0.296. The number of rotatable bonds is 5. The molecule has 0 aliphatic carbocycles. The molecule has 2 heterocycles. The zero-order valence-corrected chi connectivity index (χ0v) is 21.1. The number of pyridine rings is 1. The van der Waals surface area contributed by atoms with Crippen LogP contribution < -0.4 is 25.6 Å². The van der Waals surface area contributed by atoms with Crippen molar-refractivity contribution in [3.05, 3.63) is 71.4 Å². The number of carbonyl (C=O) groups is 2. The van der Waals surface area contributed by atoms with Crippen LogP contribution in [-0.4, -0.2) is 55.2 Å². The minimum Gasteiger partial charge on any atom is -0.495 e. The van der Waals surface area contributed by atoms with Crippen LogP contribution in [0.5, 0.6) is 5.75 Å². The van der Waals surface area contributed by atoms with Gasteiger partial charge in [-0.2, -0.15) is 0 Å². The fourth-order valence-corrected chi connectivity index (χ4v) is 4.24. The zero-order chi connectivity index (χ0) is 25.7. The molecule has 4 rings (SSSR count). The van der Waals surface area contributed by atoms with Gasteiger partial charge in [-0.05, 0) is 73.9 Å². The normalized spacial score (nSPS) is 13.2. The third-order valence-corrected chi connectivity index (χ3v) is 6.20. The molecule has 3 aromatic rings. The van der Waals surface area contributed by atoms with Gasteiger partial charge in [-0.25, -0.2) is 14.6 Å². The van der Waals surface area contributed by atoms with Gasteiger partial charge in [-0.15, -0.1) is 0 Å². The van der Waals surface area contributed by atoms with Crippen molar-refractivity contribution in [3.8, 4) is 5.75 Å². The van der Waals surface area contributed by atoms with Gasteiger partial charge >= 0.3 is 12.1 Å². The predicted molar refractivity (Wildman–Crippen MR) is 143 cm³/mol. The van der Waals surface area contributed by atoms with E-state index in [4.69, 9.17) is 4.74 Å². The first-order valence-corrected chi connectivity index (χ1v) is 11.9. The van der Waals surface area contributed by atoms with Crippen LogP contribution in [0.15, 0.2) is 54.7 Å². The minimum absolute atomic E-state index is 0.135. The molecule has 188 valence electrons. The number of hydrogen-bond acceptors (Lipinski definition) is 5. The monoisotopic (exact) mass is 488 g/mol. The summed E-state index contributed by atoms with van der Waals surface area (Å²) in [5.74, 6) is 1.19. The van der Waals surface area contributed by atoms with E-state index in [0.29, 0.717) is 36.0 Å². The number of hydrogen-bond donors (Lipinski definition) is 3. The largest absolute Gasteiger partial charge is 0.495 e. The second kappa shape index (κ2) is 11.0. The maximum atomic E-state index is 12.7.